The number of pyridine rings is 1. The van der Waals surface area contributed by atoms with Crippen LogP contribution in [0, 0.1) is 0 Å². The molecule has 1 aromatic heterocycles. The molecule has 0 fully saturated rings. The molecule has 1 aromatic rings. The zero-order valence-corrected chi connectivity index (χ0v) is 9.82. The first-order valence-corrected chi connectivity index (χ1v) is 5.31. The van der Waals surface area contributed by atoms with Gasteiger partial charge in [0.15, 0.2) is 0 Å². The smallest absolute Gasteiger partial charge is 0.214 e. The molecule has 0 unspecified atom stereocenters. The molecule has 0 spiro atoms. The van der Waals surface area contributed by atoms with Crippen molar-refractivity contribution in [3.8, 4) is 5.88 Å². The summed E-state index contributed by atoms with van der Waals surface area (Å²) in [6, 6.07) is 5.65. The van der Waals surface area contributed by atoms with Crippen LogP contribution in [-0.4, -0.2) is 45.4 Å². The van der Waals surface area contributed by atoms with E-state index in [-0.39, 0.29) is 0 Å². The first-order chi connectivity index (χ1) is 7.86. The molecular formula is C11H19N3O2. The minimum Gasteiger partial charge on any atom is -0.481 e. The average molecular weight is 225 g/mol. The van der Waals surface area contributed by atoms with Gasteiger partial charge in [0, 0.05) is 32.8 Å². The van der Waals surface area contributed by atoms with Crippen molar-refractivity contribution >= 4 is 5.82 Å². The maximum Gasteiger partial charge on any atom is 0.214 e. The lowest BCUT2D eigenvalue weighted by molar-refractivity contribution is 0.200. The summed E-state index contributed by atoms with van der Waals surface area (Å²) in [5, 5.41) is 6.44. The van der Waals surface area contributed by atoms with Crippen LogP contribution in [0.5, 0.6) is 5.88 Å². The summed E-state index contributed by atoms with van der Waals surface area (Å²) in [6.07, 6.45) is 0. The molecule has 2 N–H and O–H groups in total. The Labute approximate surface area is 96.2 Å². The van der Waals surface area contributed by atoms with E-state index in [2.05, 4.69) is 15.6 Å². The van der Waals surface area contributed by atoms with E-state index < -0.39 is 0 Å². The van der Waals surface area contributed by atoms with E-state index in [1.807, 2.05) is 18.2 Å². The number of ether oxygens (including phenoxy) is 2. The second-order valence-corrected chi connectivity index (χ2v) is 3.23. The zero-order chi connectivity index (χ0) is 11.6. The normalized spacial score (nSPS) is 10.1. The monoisotopic (exact) mass is 225 g/mol. The molecule has 0 bridgehead atoms. The number of nitrogens with one attached hydrogen (secondary N) is 2. The fourth-order valence-corrected chi connectivity index (χ4v) is 1.21. The zero-order valence-electron chi connectivity index (χ0n) is 9.82. The summed E-state index contributed by atoms with van der Waals surface area (Å²) in [5.41, 5.74) is 0. The maximum absolute atomic E-state index is 5.03. The summed E-state index contributed by atoms with van der Waals surface area (Å²) in [7, 11) is 3.30. The highest BCUT2D eigenvalue weighted by Crippen LogP contribution is 2.09. The van der Waals surface area contributed by atoms with E-state index in [0.717, 1.165) is 32.1 Å². The lowest BCUT2D eigenvalue weighted by atomic mass is 10.4. The highest BCUT2D eigenvalue weighted by molar-refractivity contribution is 5.36. The van der Waals surface area contributed by atoms with Crippen LogP contribution in [0.2, 0.25) is 0 Å². The van der Waals surface area contributed by atoms with Crippen LogP contribution in [0.1, 0.15) is 0 Å². The average Bonchev–Trinajstić information content (AvgIpc) is 2.34. The minimum atomic E-state index is 0.623. The van der Waals surface area contributed by atoms with E-state index in [1.54, 1.807) is 14.2 Å². The number of nitrogens with zero attached hydrogens (tertiary/aromatic N) is 1. The van der Waals surface area contributed by atoms with Gasteiger partial charge in [0.25, 0.3) is 0 Å². The van der Waals surface area contributed by atoms with Gasteiger partial charge in [-0.05, 0) is 6.07 Å². The molecule has 0 saturated carbocycles. The number of hydrogen-bond acceptors (Lipinski definition) is 5. The van der Waals surface area contributed by atoms with Gasteiger partial charge in [-0.25, -0.2) is 0 Å². The Balaban J connectivity index is 2.16. The summed E-state index contributed by atoms with van der Waals surface area (Å²) in [5.74, 6) is 1.45. The van der Waals surface area contributed by atoms with Gasteiger partial charge in [-0.1, -0.05) is 6.07 Å². The molecular weight excluding hydrogens is 206 g/mol. The molecule has 5 heteroatoms. The van der Waals surface area contributed by atoms with Crippen LogP contribution in [0.15, 0.2) is 18.2 Å². The van der Waals surface area contributed by atoms with Crippen LogP contribution in [-0.2, 0) is 4.74 Å². The van der Waals surface area contributed by atoms with Crippen molar-refractivity contribution in [1.82, 2.24) is 10.3 Å². The topological polar surface area (TPSA) is 55.4 Å². The number of anilines is 1. The molecule has 0 aliphatic carbocycles. The SMILES string of the molecule is COCCNCCNc1cccc(OC)n1. The van der Waals surface area contributed by atoms with Crippen LogP contribution < -0.4 is 15.4 Å². The van der Waals surface area contributed by atoms with Crippen molar-refractivity contribution in [3.63, 3.8) is 0 Å². The van der Waals surface area contributed by atoms with Crippen LogP contribution >= 0.6 is 0 Å². The number of hydrogen-bond donors (Lipinski definition) is 2. The minimum absolute atomic E-state index is 0.623. The van der Waals surface area contributed by atoms with Gasteiger partial charge in [0.05, 0.1) is 13.7 Å². The molecule has 0 aromatic carbocycles. The predicted molar refractivity (Wildman–Crippen MR) is 64.0 cm³/mol. The van der Waals surface area contributed by atoms with E-state index in [4.69, 9.17) is 9.47 Å². The maximum atomic E-state index is 5.03. The Kier molecular flexibility index (Phi) is 6.29. The molecule has 5 nitrogen and oxygen atoms in total. The second-order valence-electron chi connectivity index (χ2n) is 3.23. The summed E-state index contributed by atoms with van der Waals surface area (Å²) >= 11 is 0. The molecule has 90 valence electrons. The van der Waals surface area contributed by atoms with Gasteiger partial charge in [-0.15, -0.1) is 0 Å². The van der Waals surface area contributed by atoms with Crippen LogP contribution in [0.4, 0.5) is 5.82 Å². The third kappa shape index (κ3) is 4.95. The molecule has 1 heterocycles. The molecule has 0 amide bonds. The van der Waals surface area contributed by atoms with E-state index in [1.165, 1.54) is 0 Å². The third-order valence-corrected chi connectivity index (χ3v) is 2.02. The molecule has 1 rings (SSSR count). The number of methoxy groups -OCH3 is 2. The van der Waals surface area contributed by atoms with Crippen molar-refractivity contribution in [3.05, 3.63) is 18.2 Å². The Hall–Kier alpha value is -1.33. The molecule has 0 saturated heterocycles. The van der Waals surface area contributed by atoms with E-state index in [0.29, 0.717) is 5.88 Å². The lowest BCUT2D eigenvalue weighted by Crippen LogP contribution is -2.25. The van der Waals surface area contributed by atoms with Gasteiger partial charge < -0.3 is 20.1 Å². The molecule has 0 aliphatic heterocycles. The molecule has 16 heavy (non-hydrogen) atoms. The lowest BCUT2D eigenvalue weighted by Gasteiger charge is -2.07. The van der Waals surface area contributed by atoms with Crippen molar-refractivity contribution < 1.29 is 9.47 Å². The first kappa shape index (κ1) is 12.7. The van der Waals surface area contributed by atoms with E-state index in [9.17, 15) is 0 Å². The Morgan fingerprint density at radius 2 is 2.06 bits per heavy atom. The number of aromatic nitrogens is 1. The fourth-order valence-electron chi connectivity index (χ4n) is 1.21. The Morgan fingerprint density at radius 1 is 1.19 bits per heavy atom. The highest BCUT2D eigenvalue weighted by atomic mass is 16.5. The largest absolute Gasteiger partial charge is 0.481 e. The summed E-state index contributed by atoms with van der Waals surface area (Å²) in [6.45, 7) is 3.30. The van der Waals surface area contributed by atoms with E-state index >= 15 is 0 Å². The van der Waals surface area contributed by atoms with Crippen LogP contribution in [0.25, 0.3) is 0 Å². The second kappa shape index (κ2) is 7.90. The van der Waals surface area contributed by atoms with Gasteiger partial charge in [0.2, 0.25) is 5.88 Å². The van der Waals surface area contributed by atoms with Gasteiger partial charge in [0.1, 0.15) is 5.82 Å². The molecule has 0 radical (unpaired) electrons. The van der Waals surface area contributed by atoms with Gasteiger partial charge in [-0.2, -0.15) is 4.98 Å². The summed E-state index contributed by atoms with van der Waals surface area (Å²) < 4.78 is 9.96. The van der Waals surface area contributed by atoms with Gasteiger partial charge in [-0.3, -0.25) is 0 Å². The number of rotatable bonds is 8. The van der Waals surface area contributed by atoms with Crippen molar-refractivity contribution in [1.29, 1.82) is 0 Å². The highest BCUT2D eigenvalue weighted by Gasteiger charge is 1.95. The summed E-state index contributed by atoms with van der Waals surface area (Å²) in [4.78, 5) is 4.24. The standard InChI is InChI=1S/C11H19N3O2/c1-15-9-8-12-6-7-13-10-4-3-5-11(14-10)16-2/h3-5,12H,6-9H2,1-2H3,(H,13,14). The Bertz CT molecular complexity index is 294. The predicted octanol–water partition coefficient (Wildman–Crippen LogP) is 0.738. The first-order valence-electron chi connectivity index (χ1n) is 5.31. The van der Waals surface area contributed by atoms with Crippen molar-refractivity contribution in [2.45, 2.75) is 0 Å². The Morgan fingerprint density at radius 3 is 2.81 bits per heavy atom. The van der Waals surface area contributed by atoms with Gasteiger partial charge >= 0.3 is 0 Å². The van der Waals surface area contributed by atoms with Crippen molar-refractivity contribution in [2.24, 2.45) is 0 Å². The molecule has 0 aliphatic rings. The quantitative estimate of drug-likeness (QED) is 0.639. The van der Waals surface area contributed by atoms with Crippen LogP contribution in [0.3, 0.4) is 0 Å². The third-order valence-electron chi connectivity index (χ3n) is 2.02. The van der Waals surface area contributed by atoms with Crippen molar-refractivity contribution in [2.75, 3.05) is 45.8 Å². The molecule has 0 atom stereocenters. The fraction of sp³-hybridized carbons (Fsp3) is 0.545.